The summed E-state index contributed by atoms with van der Waals surface area (Å²) in [5, 5.41) is 0.688. The molecule has 1 aromatic carbocycles. The Kier molecular flexibility index (Phi) is 5.42. The van der Waals surface area contributed by atoms with Crippen molar-refractivity contribution in [2.45, 2.75) is 6.04 Å². The Labute approximate surface area is 94.3 Å². The molecule has 0 aromatic heterocycles. The second-order valence-electron chi connectivity index (χ2n) is 3.08. The third-order valence-corrected chi connectivity index (χ3v) is 2.12. The minimum Gasteiger partial charge on any atom is -0.492 e. The second kappa shape index (κ2) is 6.63. The number of nitrogens with two attached hydrogens (primary N) is 1. The third-order valence-electron chi connectivity index (χ3n) is 1.87. The van der Waals surface area contributed by atoms with Gasteiger partial charge < -0.3 is 9.47 Å². The largest absolute Gasteiger partial charge is 0.492 e. The molecule has 1 aromatic rings. The van der Waals surface area contributed by atoms with Gasteiger partial charge in [0.15, 0.2) is 0 Å². The van der Waals surface area contributed by atoms with Gasteiger partial charge in [-0.2, -0.15) is 0 Å². The first-order chi connectivity index (χ1) is 7.26. The number of rotatable bonds is 6. The molecule has 3 N–H and O–H groups in total. The number of methoxy groups -OCH3 is 1. The number of hydrazine groups is 1. The van der Waals surface area contributed by atoms with Crippen LogP contribution in [0, 0.1) is 0 Å². The average molecular weight is 231 g/mol. The smallest absolute Gasteiger partial charge is 0.119 e. The van der Waals surface area contributed by atoms with Crippen molar-refractivity contribution >= 4 is 11.6 Å². The van der Waals surface area contributed by atoms with Gasteiger partial charge in [0.05, 0.1) is 12.6 Å². The number of benzene rings is 1. The molecule has 1 unspecified atom stereocenters. The van der Waals surface area contributed by atoms with E-state index in [2.05, 4.69) is 5.43 Å². The first-order valence-electron chi connectivity index (χ1n) is 4.59. The van der Waals surface area contributed by atoms with Crippen LogP contribution in [0.25, 0.3) is 0 Å². The van der Waals surface area contributed by atoms with E-state index in [9.17, 15) is 0 Å². The van der Waals surface area contributed by atoms with E-state index < -0.39 is 0 Å². The Morgan fingerprint density at radius 2 is 2.00 bits per heavy atom. The summed E-state index contributed by atoms with van der Waals surface area (Å²) < 4.78 is 10.4. The predicted molar refractivity (Wildman–Crippen MR) is 59.9 cm³/mol. The molecule has 0 bridgehead atoms. The second-order valence-corrected chi connectivity index (χ2v) is 3.52. The van der Waals surface area contributed by atoms with E-state index in [1.165, 1.54) is 0 Å². The van der Waals surface area contributed by atoms with E-state index in [1.54, 1.807) is 19.2 Å². The summed E-state index contributed by atoms with van der Waals surface area (Å²) in [5.41, 5.74) is 2.61. The summed E-state index contributed by atoms with van der Waals surface area (Å²) in [6.45, 7) is 0.954. The van der Waals surface area contributed by atoms with Crippen molar-refractivity contribution in [3.05, 3.63) is 29.3 Å². The summed E-state index contributed by atoms with van der Waals surface area (Å²) in [6, 6.07) is 7.15. The normalized spacial score (nSPS) is 12.5. The van der Waals surface area contributed by atoms with Crippen molar-refractivity contribution < 1.29 is 9.47 Å². The number of ether oxygens (including phenoxy) is 2. The quantitative estimate of drug-likeness (QED) is 0.570. The number of hydrogen-bond acceptors (Lipinski definition) is 4. The minimum absolute atomic E-state index is 0.0225. The van der Waals surface area contributed by atoms with Gasteiger partial charge in [0, 0.05) is 12.1 Å². The summed E-state index contributed by atoms with van der Waals surface area (Å²) in [4.78, 5) is 0. The maximum absolute atomic E-state index is 5.74. The summed E-state index contributed by atoms with van der Waals surface area (Å²) in [5.74, 6) is 6.08. The molecular formula is C10H15ClN2O2. The minimum atomic E-state index is -0.0225. The van der Waals surface area contributed by atoms with Gasteiger partial charge in [0.25, 0.3) is 0 Å². The summed E-state index contributed by atoms with van der Waals surface area (Å²) in [7, 11) is 1.62. The van der Waals surface area contributed by atoms with Crippen molar-refractivity contribution in [3.8, 4) is 5.75 Å². The van der Waals surface area contributed by atoms with Gasteiger partial charge in [-0.25, -0.2) is 0 Å². The van der Waals surface area contributed by atoms with Crippen molar-refractivity contribution in [1.82, 2.24) is 5.43 Å². The van der Waals surface area contributed by atoms with Crippen LogP contribution < -0.4 is 16.0 Å². The van der Waals surface area contributed by atoms with Gasteiger partial charge in [-0.3, -0.25) is 11.3 Å². The average Bonchev–Trinajstić information content (AvgIpc) is 2.26. The lowest BCUT2D eigenvalue weighted by Gasteiger charge is -2.15. The Bertz CT molecular complexity index is 279. The standard InChI is InChI=1S/C10H15ClN2O2/c1-14-6-9(13-12)7-15-10-4-2-8(11)3-5-10/h2-5,9,13H,6-7,12H2,1H3. The first-order valence-corrected chi connectivity index (χ1v) is 4.97. The molecule has 0 saturated carbocycles. The number of hydrogen-bond donors (Lipinski definition) is 2. The van der Waals surface area contributed by atoms with Crippen LogP contribution in [0.3, 0.4) is 0 Å². The van der Waals surface area contributed by atoms with Gasteiger partial charge in [0.1, 0.15) is 12.4 Å². The van der Waals surface area contributed by atoms with Gasteiger partial charge in [-0.1, -0.05) is 11.6 Å². The molecular weight excluding hydrogens is 216 g/mol. The highest BCUT2D eigenvalue weighted by Crippen LogP contribution is 2.15. The lowest BCUT2D eigenvalue weighted by molar-refractivity contribution is 0.136. The fraction of sp³-hybridized carbons (Fsp3) is 0.400. The molecule has 0 aliphatic carbocycles. The van der Waals surface area contributed by atoms with Crippen molar-refractivity contribution in [3.63, 3.8) is 0 Å². The van der Waals surface area contributed by atoms with Crippen molar-refractivity contribution in [2.24, 2.45) is 5.84 Å². The zero-order chi connectivity index (χ0) is 11.1. The van der Waals surface area contributed by atoms with Gasteiger partial charge in [0.2, 0.25) is 0 Å². The lowest BCUT2D eigenvalue weighted by Crippen LogP contribution is -2.42. The van der Waals surface area contributed by atoms with Crippen LogP contribution in [0.2, 0.25) is 5.02 Å². The predicted octanol–water partition coefficient (Wildman–Crippen LogP) is 1.20. The van der Waals surface area contributed by atoms with Crippen LogP contribution >= 0.6 is 11.6 Å². The molecule has 15 heavy (non-hydrogen) atoms. The lowest BCUT2D eigenvalue weighted by atomic mass is 10.3. The van der Waals surface area contributed by atoms with E-state index in [4.69, 9.17) is 26.9 Å². The maximum Gasteiger partial charge on any atom is 0.119 e. The van der Waals surface area contributed by atoms with Crippen LogP contribution in [0.15, 0.2) is 24.3 Å². The van der Waals surface area contributed by atoms with E-state index in [1.807, 2.05) is 12.1 Å². The number of nitrogens with one attached hydrogen (secondary N) is 1. The van der Waals surface area contributed by atoms with E-state index in [0.29, 0.717) is 18.2 Å². The fourth-order valence-corrected chi connectivity index (χ4v) is 1.20. The maximum atomic E-state index is 5.74. The third kappa shape index (κ3) is 4.48. The Morgan fingerprint density at radius 1 is 1.33 bits per heavy atom. The fourth-order valence-electron chi connectivity index (χ4n) is 1.07. The Morgan fingerprint density at radius 3 is 2.53 bits per heavy atom. The molecule has 0 aliphatic heterocycles. The molecule has 0 heterocycles. The van der Waals surface area contributed by atoms with Crippen molar-refractivity contribution in [2.75, 3.05) is 20.3 Å². The van der Waals surface area contributed by atoms with Crippen LogP contribution in [0.5, 0.6) is 5.75 Å². The topological polar surface area (TPSA) is 56.5 Å². The molecule has 5 heteroatoms. The molecule has 1 atom stereocenters. The highest BCUT2D eigenvalue weighted by Gasteiger charge is 2.06. The zero-order valence-electron chi connectivity index (χ0n) is 8.57. The van der Waals surface area contributed by atoms with Crippen LogP contribution in [-0.4, -0.2) is 26.4 Å². The van der Waals surface area contributed by atoms with Gasteiger partial charge in [-0.05, 0) is 24.3 Å². The van der Waals surface area contributed by atoms with E-state index in [0.717, 1.165) is 5.75 Å². The Balaban J connectivity index is 2.38. The molecule has 0 saturated heterocycles. The zero-order valence-corrected chi connectivity index (χ0v) is 9.33. The van der Waals surface area contributed by atoms with Crippen LogP contribution in [0.1, 0.15) is 0 Å². The number of halogens is 1. The molecule has 0 amide bonds. The van der Waals surface area contributed by atoms with Crippen molar-refractivity contribution in [1.29, 1.82) is 0 Å². The van der Waals surface area contributed by atoms with Gasteiger partial charge >= 0.3 is 0 Å². The van der Waals surface area contributed by atoms with Gasteiger partial charge in [-0.15, -0.1) is 0 Å². The molecule has 0 spiro atoms. The van der Waals surface area contributed by atoms with Crippen LogP contribution in [0.4, 0.5) is 0 Å². The summed E-state index contributed by atoms with van der Waals surface area (Å²) >= 11 is 5.74. The molecule has 4 nitrogen and oxygen atoms in total. The van der Waals surface area contributed by atoms with E-state index >= 15 is 0 Å². The SMILES string of the molecule is COCC(COc1ccc(Cl)cc1)NN. The first kappa shape index (κ1) is 12.3. The molecule has 1 rings (SSSR count). The molecule has 0 aliphatic rings. The Hall–Kier alpha value is -0.810. The van der Waals surface area contributed by atoms with Crippen LogP contribution in [-0.2, 0) is 4.74 Å². The monoisotopic (exact) mass is 230 g/mol. The van der Waals surface area contributed by atoms with E-state index in [-0.39, 0.29) is 6.04 Å². The summed E-state index contributed by atoms with van der Waals surface area (Å²) in [6.07, 6.45) is 0. The molecule has 0 fully saturated rings. The molecule has 84 valence electrons. The highest BCUT2D eigenvalue weighted by atomic mass is 35.5. The highest BCUT2D eigenvalue weighted by molar-refractivity contribution is 6.30. The molecule has 0 radical (unpaired) electrons.